The molecule has 1 atom stereocenters. The summed E-state index contributed by atoms with van der Waals surface area (Å²) in [5.74, 6) is -0.126. The number of hydrogen-bond donors (Lipinski definition) is 1. The molecule has 0 radical (unpaired) electrons. The number of fused-ring (bicyclic) bond motifs is 1. The number of carbonyl (C=O) groups excluding carboxylic acids is 2. The summed E-state index contributed by atoms with van der Waals surface area (Å²) >= 11 is 0. The molecule has 0 aromatic heterocycles. The number of rotatable bonds is 3. The van der Waals surface area contributed by atoms with E-state index in [-0.39, 0.29) is 29.9 Å². The van der Waals surface area contributed by atoms with Gasteiger partial charge in [0.2, 0.25) is 11.8 Å². The fourth-order valence-corrected chi connectivity index (χ4v) is 3.28. The molecule has 1 saturated heterocycles. The highest BCUT2D eigenvalue weighted by Gasteiger charge is 2.41. The van der Waals surface area contributed by atoms with Gasteiger partial charge in [0.05, 0.1) is 12.5 Å². The lowest BCUT2D eigenvalue weighted by Gasteiger charge is -2.20. The van der Waals surface area contributed by atoms with E-state index in [0.29, 0.717) is 6.42 Å². The van der Waals surface area contributed by atoms with Crippen LogP contribution in [0.2, 0.25) is 0 Å². The Morgan fingerprint density at radius 1 is 1.10 bits per heavy atom. The third-order valence-electron chi connectivity index (χ3n) is 4.19. The lowest BCUT2D eigenvalue weighted by atomic mass is 10.1. The molecular formula is C16H20N2O2. The summed E-state index contributed by atoms with van der Waals surface area (Å²) in [4.78, 5) is 25.5. The Bertz CT molecular complexity index is 528. The van der Waals surface area contributed by atoms with Crippen molar-refractivity contribution in [3.05, 3.63) is 35.4 Å². The van der Waals surface area contributed by atoms with Crippen LogP contribution in [0, 0.1) is 0 Å². The highest BCUT2D eigenvalue weighted by molar-refractivity contribution is 6.05. The van der Waals surface area contributed by atoms with Crippen LogP contribution < -0.4 is 5.32 Å². The fourth-order valence-electron chi connectivity index (χ4n) is 3.28. The summed E-state index contributed by atoms with van der Waals surface area (Å²) in [7, 11) is 0. The van der Waals surface area contributed by atoms with E-state index >= 15 is 0 Å². The summed E-state index contributed by atoms with van der Waals surface area (Å²) in [6.45, 7) is 3.76. The second kappa shape index (κ2) is 5.02. The Morgan fingerprint density at radius 2 is 1.70 bits per heavy atom. The molecule has 1 aliphatic heterocycles. The predicted molar refractivity (Wildman–Crippen MR) is 76.2 cm³/mol. The van der Waals surface area contributed by atoms with Crippen LogP contribution in [0.3, 0.4) is 0 Å². The number of carbonyl (C=O) groups is 2. The van der Waals surface area contributed by atoms with Crippen molar-refractivity contribution in [2.75, 3.05) is 0 Å². The van der Waals surface area contributed by atoms with Crippen LogP contribution in [-0.2, 0) is 22.4 Å². The first-order chi connectivity index (χ1) is 9.56. The Kier molecular flexibility index (Phi) is 3.34. The number of imide groups is 1. The lowest BCUT2D eigenvalue weighted by Crippen LogP contribution is -2.45. The van der Waals surface area contributed by atoms with Crippen LogP contribution in [0.1, 0.15) is 31.4 Å². The molecule has 0 spiro atoms. The smallest absolute Gasteiger partial charge is 0.247 e. The molecule has 1 aromatic carbocycles. The SMILES string of the molecule is CC(C)N1C(=O)CC(NC2Cc3ccccc3C2)C1=O. The average Bonchev–Trinajstić information content (AvgIpc) is 2.90. The number of nitrogens with zero attached hydrogens (tertiary/aromatic N) is 1. The van der Waals surface area contributed by atoms with Crippen LogP contribution in [0.15, 0.2) is 24.3 Å². The van der Waals surface area contributed by atoms with Crippen molar-refractivity contribution in [2.24, 2.45) is 0 Å². The van der Waals surface area contributed by atoms with Crippen molar-refractivity contribution in [3.63, 3.8) is 0 Å². The number of benzene rings is 1. The molecule has 3 rings (SSSR count). The minimum atomic E-state index is -0.343. The number of nitrogens with one attached hydrogen (secondary N) is 1. The third-order valence-corrected chi connectivity index (χ3v) is 4.19. The first kappa shape index (κ1) is 13.3. The molecule has 1 heterocycles. The summed E-state index contributed by atoms with van der Waals surface area (Å²) in [6, 6.07) is 8.24. The lowest BCUT2D eigenvalue weighted by molar-refractivity contribution is -0.140. The van der Waals surface area contributed by atoms with Gasteiger partial charge in [-0.15, -0.1) is 0 Å². The Balaban J connectivity index is 1.66. The topological polar surface area (TPSA) is 49.4 Å². The number of amides is 2. The van der Waals surface area contributed by atoms with E-state index in [1.165, 1.54) is 16.0 Å². The summed E-state index contributed by atoms with van der Waals surface area (Å²) in [6.07, 6.45) is 2.18. The highest BCUT2D eigenvalue weighted by atomic mass is 16.2. The van der Waals surface area contributed by atoms with E-state index in [9.17, 15) is 9.59 Å². The van der Waals surface area contributed by atoms with Gasteiger partial charge in [0.25, 0.3) is 0 Å². The molecule has 0 bridgehead atoms. The monoisotopic (exact) mass is 272 g/mol. The van der Waals surface area contributed by atoms with Gasteiger partial charge < -0.3 is 5.32 Å². The fraction of sp³-hybridized carbons (Fsp3) is 0.500. The summed E-state index contributed by atoms with van der Waals surface area (Å²) in [5.41, 5.74) is 2.70. The normalized spacial score (nSPS) is 22.9. The molecule has 1 N–H and O–H groups in total. The molecule has 0 saturated carbocycles. The zero-order valence-electron chi connectivity index (χ0n) is 11.9. The minimum absolute atomic E-state index is 0.0532. The number of likely N-dealkylation sites (tertiary alicyclic amines) is 1. The Morgan fingerprint density at radius 3 is 2.20 bits per heavy atom. The molecule has 1 aromatic rings. The summed E-state index contributed by atoms with van der Waals surface area (Å²) < 4.78 is 0. The molecule has 1 fully saturated rings. The number of hydrogen-bond acceptors (Lipinski definition) is 3. The van der Waals surface area contributed by atoms with Crippen molar-refractivity contribution in [2.45, 2.75) is 51.2 Å². The maximum atomic E-state index is 12.3. The van der Waals surface area contributed by atoms with Crippen LogP contribution in [0.5, 0.6) is 0 Å². The molecule has 4 heteroatoms. The van der Waals surface area contributed by atoms with Crippen molar-refractivity contribution < 1.29 is 9.59 Å². The van der Waals surface area contributed by atoms with Gasteiger partial charge in [-0.3, -0.25) is 14.5 Å². The zero-order chi connectivity index (χ0) is 14.3. The van der Waals surface area contributed by atoms with Crippen molar-refractivity contribution in [3.8, 4) is 0 Å². The van der Waals surface area contributed by atoms with Gasteiger partial charge in [0.15, 0.2) is 0 Å². The summed E-state index contributed by atoms with van der Waals surface area (Å²) in [5, 5.41) is 3.38. The van der Waals surface area contributed by atoms with Crippen LogP contribution in [0.4, 0.5) is 0 Å². The molecule has 1 aliphatic carbocycles. The Hall–Kier alpha value is -1.68. The standard InChI is InChI=1S/C16H20N2O2/c1-10(2)18-15(19)9-14(16(18)20)17-13-7-11-5-3-4-6-12(11)8-13/h3-6,10,13-14,17H,7-9H2,1-2H3. The van der Waals surface area contributed by atoms with E-state index in [1.807, 2.05) is 26.0 Å². The maximum absolute atomic E-state index is 12.3. The average molecular weight is 272 g/mol. The largest absolute Gasteiger partial charge is 0.302 e. The zero-order valence-corrected chi connectivity index (χ0v) is 11.9. The molecule has 2 amide bonds. The second-order valence-corrected chi connectivity index (χ2v) is 5.99. The molecule has 4 nitrogen and oxygen atoms in total. The second-order valence-electron chi connectivity index (χ2n) is 5.99. The van der Waals surface area contributed by atoms with Crippen LogP contribution >= 0.6 is 0 Å². The van der Waals surface area contributed by atoms with Gasteiger partial charge in [-0.05, 0) is 37.8 Å². The maximum Gasteiger partial charge on any atom is 0.247 e. The van der Waals surface area contributed by atoms with E-state index in [1.54, 1.807) is 0 Å². The van der Waals surface area contributed by atoms with Gasteiger partial charge in [0, 0.05) is 12.1 Å². The van der Waals surface area contributed by atoms with Gasteiger partial charge >= 0.3 is 0 Å². The van der Waals surface area contributed by atoms with Crippen molar-refractivity contribution >= 4 is 11.8 Å². The van der Waals surface area contributed by atoms with Gasteiger partial charge in [0.1, 0.15) is 0 Å². The first-order valence-electron chi connectivity index (χ1n) is 7.25. The Labute approximate surface area is 119 Å². The highest BCUT2D eigenvalue weighted by Crippen LogP contribution is 2.24. The van der Waals surface area contributed by atoms with Crippen molar-refractivity contribution in [1.29, 1.82) is 0 Å². The van der Waals surface area contributed by atoms with E-state index in [4.69, 9.17) is 0 Å². The van der Waals surface area contributed by atoms with E-state index in [0.717, 1.165) is 12.8 Å². The van der Waals surface area contributed by atoms with Crippen molar-refractivity contribution in [1.82, 2.24) is 10.2 Å². The predicted octanol–water partition coefficient (Wildman–Crippen LogP) is 1.28. The molecular weight excluding hydrogens is 252 g/mol. The molecule has 20 heavy (non-hydrogen) atoms. The van der Waals surface area contributed by atoms with Gasteiger partial charge in [-0.1, -0.05) is 24.3 Å². The van der Waals surface area contributed by atoms with E-state index < -0.39 is 0 Å². The van der Waals surface area contributed by atoms with Gasteiger partial charge in [-0.25, -0.2) is 0 Å². The van der Waals surface area contributed by atoms with Gasteiger partial charge in [-0.2, -0.15) is 0 Å². The van der Waals surface area contributed by atoms with E-state index in [2.05, 4.69) is 17.4 Å². The quantitative estimate of drug-likeness (QED) is 0.843. The first-order valence-corrected chi connectivity index (χ1v) is 7.25. The molecule has 1 unspecified atom stereocenters. The van der Waals surface area contributed by atoms with Crippen LogP contribution in [0.25, 0.3) is 0 Å². The molecule has 2 aliphatic rings. The molecule has 106 valence electrons. The third kappa shape index (κ3) is 2.24. The van der Waals surface area contributed by atoms with Crippen LogP contribution in [-0.4, -0.2) is 34.8 Å². The minimum Gasteiger partial charge on any atom is -0.302 e.